The summed E-state index contributed by atoms with van der Waals surface area (Å²) in [6, 6.07) is -0.864. The van der Waals surface area contributed by atoms with Crippen molar-refractivity contribution in [1.82, 2.24) is 15.5 Å². The van der Waals surface area contributed by atoms with Gasteiger partial charge < -0.3 is 10.6 Å². The quantitative estimate of drug-likeness (QED) is 0.700. The van der Waals surface area contributed by atoms with Crippen LogP contribution in [0.5, 0.6) is 0 Å². The Morgan fingerprint density at radius 2 is 2.10 bits per heavy atom. The van der Waals surface area contributed by atoms with Crippen molar-refractivity contribution >= 4 is 17.7 Å². The fourth-order valence-corrected chi connectivity index (χ4v) is 2.96. The molecule has 0 aliphatic carbocycles. The van der Waals surface area contributed by atoms with Gasteiger partial charge in [0.2, 0.25) is 11.8 Å². The molecular weight excluding hydrogens is 258 g/mol. The minimum Gasteiger partial charge on any atom is -0.343 e. The summed E-state index contributed by atoms with van der Waals surface area (Å²) in [5.74, 6) is -0.643. The molecular formula is C14H23N3O3. The van der Waals surface area contributed by atoms with E-state index in [1.807, 2.05) is 0 Å². The van der Waals surface area contributed by atoms with E-state index in [-0.39, 0.29) is 29.2 Å². The van der Waals surface area contributed by atoms with Gasteiger partial charge in [0.05, 0.1) is 6.04 Å². The number of carbonyl (C=O) groups excluding carboxylic acids is 3. The first-order valence-corrected chi connectivity index (χ1v) is 7.17. The van der Waals surface area contributed by atoms with Gasteiger partial charge in [-0.15, -0.1) is 0 Å². The number of hydrogen-bond acceptors (Lipinski definition) is 4. The summed E-state index contributed by atoms with van der Waals surface area (Å²) in [6.07, 6.45) is 2.72. The van der Waals surface area contributed by atoms with Crippen molar-refractivity contribution in [3.63, 3.8) is 0 Å². The van der Waals surface area contributed by atoms with Crippen molar-refractivity contribution in [2.75, 3.05) is 13.6 Å². The molecule has 3 amide bonds. The van der Waals surface area contributed by atoms with Crippen molar-refractivity contribution in [1.29, 1.82) is 0 Å². The molecule has 6 heteroatoms. The van der Waals surface area contributed by atoms with E-state index in [1.54, 1.807) is 0 Å². The van der Waals surface area contributed by atoms with Gasteiger partial charge in [0.1, 0.15) is 6.04 Å². The van der Waals surface area contributed by atoms with Crippen LogP contribution in [-0.2, 0) is 14.4 Å². The maximum Gasteiger partial charge on any atom is 0.251 e. The molecule has 0 aromatic carbocycles. The van der Waals surface area contributed by atoms with Crippen molar-refractivity contribution < 1.29 is 14.4 Å². The Hall–Kier alpha value is -1.43. The van der Waals surface area contributed by atoms with Crippen LogP contribution in [0.1, 0.15) is 39.5 Å². The molecule has 2 atom stereocenters. The number of piperidine rings is 2. The smallest absolute Gasteiger partial charge is 0.251 e. The van der Waals surface area contributed by atoms with E-state index < -0.39 is 6.04 Å². The highest BCUT2D eigenvalue weighted by molar-refractivity contribution is 6.01. The average molecular weight is 281 g/mol. The zero-order valence-electron chi connectivity index (χ0n) is 12.4. The van der Waals surface area contributed by atoms with Gasteiger partial charge in [-0.3, -0.25) is 19.3 Å². The van der Waals surface area contributed by atoms with E-state index >= 15 is 0 Å². The Balaban J connectivity index is 2.01. The Morgan fingerprint density at radius 1 is 1.40 bits per heavy atom. The van der Waals surface area contributed by atoms with Gasteiger partial charge in [-0.2, -0.15) is 0 Å². The predicted octanol–water partition coefficient (Wildman–Crippen LogP) is 0.0282. The van der Waals surface area contributed by atoms with Crippen LogP contribution >= 0.6 is 0 Å². The average Bonchev–Trinajstić information content (AvgIpc) is 2.39. The first-order chi connectivity index (χ1) is 9.33. The zero-order valence-corrected chi connectivity index (χ0v) is 12.4. The molecule has 0 aromatic heterocycles. The molecule has 0 radical (unpaired) electrons. The van der Waals surface area contributed by atoms with Crippen LogP contribution < -0.4 is 10.6 Å². The van der Waals surface area contributed by atoms with Crippen LogP contribution in [0, 0.1) is 5.41 Å². The molecule has 0 aromatic rings. The molecule has 2 saturated heterocycles. The number of imide groups is 1. The summed E-state index contributed by atoms with van der Waals surface area (Å²) in [6.45, 7) is 4.93. The van der Waals surface area contributed by atoms with Crippen LogP contribution in [0.25, 0.3) is 0 Å². The minimum atomic E-state index is -0.579. The Labute approximate surface area is 119 Å². The lowest BCUT2D eigenvalue weighted by Gasteiger charge is -2.39. The third-order valence-corrected chi connectivity index (χ3v) is 4.36. The molecule has 0 bridgehead atoms. The third kappa shape index (κ3) is 2.85. The minimum absolute atomic E-state index is 0.123. The second-order valence-electron chi connectivity index (χ2n) is 6.37. The highest BCUT2D eigenvalue weighted by atomic mass is 16.2. The summed E-state index contributed by atoms with van der Waals surface area (Å²) in [5, 5.41) is 6.03. The fourth-order valence-electron chi connectivity index (χ4n) is 2.96. The van der Waals surface area contributed by atoms with E-state index in [0.29, 0.717) is 12.8 Å². The van der Waals surface area contributed by atoms with Gasteiger partial charge in [0, 0.05) is 13.5 Å². The molecule has 2 aliphatic rings. The lowest BCUT2D eigenvalue weighted by molar-refractivity contribution is -0.150. The maximum absolute atomic E-state index is 12.4. The highest BCUT2D eigenvalue weighted by Crippen LogP contribution is 2.30. The highest BCUT2D eigenvalue weighted by Gasteiger charge is 2.40. The zero-order chi connectivity index (χ0) is 14.9. The van der Waals surface area contributed by atoms with E-state index in [9.17, 15) is 14.4 Å². The summed E-state index contributed by atoms with van der Waals surface area (Å²) in [7, 11) is 1.46. The number of nitrogens with zero attached hydrogens (tertiary/aromatic N) is 1. The Kier molecular flexibility index (Phi) is 4.13. The van der Waals surface area contributed by atoms with Gasteiger partial charge in [-0.05, 0) is 31.2 Å². The molecule has 0 spiro atoms. The standard InChI is InChI=1S/C14H23N3O3/c1-14(2)7-4-8-15-11(14)12(19)16-9-5-6-10(18)17(3)13(9)20/h9,11,15H,4-8H2,1-3H3,(H,16,19). The van der Waals surface area contributed by atoms with Gasteiger partial charge in [-0.1, -0.05) is 13.8 Å². The Morgan fingerprint density at radius 3 is 2.75 bits per heavy atom. The molecule has 2 heterocycles. The molecule has 2 N–H and O–H groups in total. The topological polar surface area (TPSA) is 78.5 Å². The third-order valence-electron chi connectivity index (χ3n) is 4.36. The number of hydrogen-bond donors (Lipinski definition) is 2. The van der Waals surface area contributed by atoms with E-state index in [0.717, 1.165) is 24.3 Å². The second kappa shape index (κ2) is 5.52. The van der Waals surface area contributed by atoms with Crippen molar-refractivity contribution in [2.24, 2.45) is 5.41 Å². The van der Waals surface area contributed by atoms with Crippen LogP contribution in [0.2, 0.25) is 0 Å². The number of carbonyl (C=O) groups is 3. The fraction of sp³-hybridized carbons (Fsp3) is 0.786. The van der Waals surface area contributed by atoms with Crippen LogP contribution in [0.15, 0.2) is 0 Å². The molecule has 2 fully saturated rings. The molecule has 20 heavy (non-hydrogen) atoms. The van der Waals surface area contributed by atoms with Crippen molar-refractivity contribution in [2.45, 2.75) is 51.6 Å². The van der Waals surface area contributed by atoms with Crippen LogP contribution in [-0.4, -0.2) is 48.3 Å². The number of likely N-dealkylation sites (N-methyl/N-ethyl adjacent to an activating group) is 1. The first-order valence-electron chi connectivity index (χ1n) is 7.17. The molecule has 2 rings (SSSR count). The first kappa shape index (κ1) is 15.0. The molecule has 2 unspecified atom stereocenters. The normalized spacial score (nSPS) is 30.2. The molecule has 6 nitrogen and oxygen atoms in total. The maximum atomic E-state index is 12.4. The summed E-state index contributed by atoms with van der Waals surface area (Å²) < 4.78 is 0. The van der Waals surface area contributed by atoms with E-state index in [1.165, 1.54) is 7.05 Å². The molecule has 2 aliphatic heterocycles. The van der Waals surface area contributed by atoms with Crippen LogP contribution in [0.4, 0.5) is 0 Å². The number of nitrogens with one attached hydrogen (secondary N) is 2. The predicted molar refractivity (Wildman–Crippen MR) is 73.7 cm³/mol. The monoisotopic (exact) mass is 281 g/mol. The van der Waals surface area contributed by atoms with Crippen LogP contribution in [0.3, 0.4) is 0 Å². The molecule has 0 saturated carbocycles. The van der Waals surface area contributed by atoms with Gasteiger partial charge in [0.15, 0.2) is 0 Å². The number of likely N-dealkylation sites (tertiary alicyclic amines) is 1. The Bertz CT molecular complexity index is 433. The molecule has 112 valence electrons. The lowest BCUT2D eigenvalue weighted by Crippen LogP contribution is -2.60. The van der Waals surface area contributed by atoms with E-state index in [4.69, 9.17) is 0 Å². The second-order valence-corrected chi connectivity index (χ2v) is 6.37. The summed E-state index contributed by atoms with van der Waals surface area (Å²) in [4.78, 5) is 36.9. The van der Waals surface area contributed by atoms with Gasteiger partial charge in [0.25, 0.3) is 5.91 Å². The van der Waals surface area contributed by atoms with Gasteiger partial charge >= 0.3 is 0 Å². The lowest BCUT2D eigenvalue weighted by atomic mass is 9.77. The summed E-state index contributed by atoms with van der Waals surface area (Å²) >= 11 is 0. The van der Waals surface area contributed by atoms with Crippen molar-refractivity contribution in [3.05, 3.63) is 0 Å². The summed E-state index contributed by atoms with van der Waals surface area (Å²) in [5.41, 5.74) is -0.123. The largest absolute Gasteiger partial charge is 0.343 e. The van der Waals surface area contributed by atoms with Gasteiger partial charge in [-0.25, -0.2) is 0 Å². The van der Waals surface area contributed by atoms with E-state index in [2.05, 4.69) is 24.5 Å². The van der Waals surface area contributed by atoms with Crippen molar-refractivity contribution in [3.8, 4) is 0 Å². The number of rotatable bonds is 2. The number of amides is 3. The SMILES string of the molecule is CN1C(=O)CCC(NC(=O)C2NCCCC2(C)C)C1=O.